The molecule has 0 spiro atoms. The van der Waals surface area contributed by atoms with Crippen molar-refractivity contribution in [2.75, 3.05) is 6.26 Å². The normalized spacial score (nSPS) is 29.0. The third-order valence-electron chi connectivity index (χ3n) is 4.97. The molecule has 144 valence electrons. The fourth-order valence-electron chi connectivity index (χ4n) is 4.00. The predicted octanol–water partition coefficient (Wildman–Crippen LogP) is 3.00. The summed E-state index contributed by atoms with van der Waals surface area (Å²) in [4.78, 5) is 12.3. The third kappa shape index (κ3) is 4.83. The van der Waals surface area contributed by atoms with Gasteiger partial charge in [0.05, 0.1) is 12.4 Å². The summed E-state index contributed by atoms with van der Waals surface area (Å²) >= 11 is 6.63. The fraction of sp³-hybridized carbons (Fsp3) is 0.562. The van der Waals surface area contributed by atoms with E-state index in [4.69, 9.17) is 4.74 Å². The van der Waals surface area contributed by atoms with Gasteiger partial charge in [0.15, 0.2) is 6.29 Å². The van der Waals surface area contributed by atoms with Gasteiger partial charge >= 0.3 is 0 Å². The number of amides is 1. The van der Waals surface area contributed by atoms with Crippen molar-refractivity contribution in [1.29, 1.82) is 0 Å². The highest BCUT2D eigenvalue weighted by molar-refractivity contribution is 14.1. The number of ether oxygens (including phenoxy) is 1. The van der Waals surface area contributed by atoms with Gasteiger partial charge in [0.25, 0.3) is 0 Å². The number of hydrogen-bond donors (Lipinski definition) is 2. The summed E-state index contributed by atoms with van der Waals surface area (Å²) in [5.41, 5.74) is 0.724. The summed E-state index contributed by atoms with van der Waals surface area (Å²) in [6, 6.07) is 3.93. The number of nitrogens with one attached hydrogen (secondary N) is 1. The molecule has 2 bridgehead atoms. The molecular weight excluding hydrogens is 699 g/mol. The summed E-state index contributed by atoms with van der Waals surface area (Å²) in [6.45, 7) is 0. The highest BCUT2D eigenvalue weighted by Crippen LogP contribution is 2.50. The Hall–Kier alpha value is 0.750. The number of rotatable bonds is 5. The van der Waals surface area contributed by atoms with Gasteiger partial charge in [0.2, 0.25) is 15.9 Å². The van der Waals surface area contributed by atoms with Crippen LogP contribution in [-0.4, -0.2) is 31.8 Å². The summed E-state index contributed by atoms with van der Waals surface area (Å²) in [6.07, 6.45) is 1.98. The van der Waals surface area contributed by atoms with Crippen LogP contribution in [0.3, 0.4) is 0 Å². The molecule has 2 N–H and O–H groups in total. The molecule has 26 heavy (non-hydrogen) atoms. The van der Waals surface area contributed by atoms with Gasteiger partial charge in [0.1, 0.15) is 0 Å². The Balaban J connectivity index is 1.72. The minimum absolute atomic E-state index is 0.0593. The number of benzene rings is 1. The second-order valence-corrected chi connectivity index (χ2v) is 12.1. The molecule has 0 saturated heterocycles. The van der Waals surface area contributed by atoms with Gasteiger partial charge in [-0.3, -0.25) is 9.52 Å². The first-order valence-corrected chi connectivity index (χ1v) is 13.2. The van der Waals surface area contributed by atoms with E-state index in [0.29, 0.717) is 12.3 Å². The largest absolute Gasteiger partial charge is 0.364 e. The average Bonchev–Trinajstić information content (AvgIpc) is 3.09. The first-order chi connectivity index (χ1) is 12.0. The van der Waals surface area contributed by atoms with E-state index in [1.807, 2.05) is 12.1 Å². The number of aliphatic hydroxyl groups is 1. The molecule has 0 heterocycles. The van der Waals surface area contributed by atoms with Crippen LogP contribution in [0.5, 0.6) is 0 Å². The van der Waals surface area contributed by atoms with Crippen LogP contribution >= 0.6 is 67.8 Å². The lowest BCUT2D eigenvalue weighted by Crippen LogP contribution is -2.41. The van der Waals surface area contributed by atoms with Crippen molar-refractivity contribution in [3.05, 3.63) is 28.4 Å². The Morgan fingerprint density at radius 2 is 1.96 bits per heavy atom. The molecular formula is C16H18I3NO5S. The van der Waals surface area contributed by atoms with Gasteiger partial charge in [-0.05, 0) is 111 Å². The molecule has 6 nitrogen and oxygen atoms in total. The SMILES string of the molecule is CS(=O)(=O)NC(=O)C1CC2CC(OC(O)c3cc(I)cc(I)c3I)C1C2. The molecule has 0 radical (unpaired) electrons. The van der Waals surface area contributed by atoms with E-state index >= 15 is 0 Å². The van der Waals surface area contributed by atoms with Crippen molar-refractivity contribution in [3.8, 4) is 0 Å². The van der Waals surface area contributed by atoms with Crippen molar-refractivity contribution in [2.24, 2.45) is 17.8 Å². The van der Waals surface area contributed by atoms with Gasteiger partial charge in [0, 0.05) is 22.2 Å². The molecule has 0 aromatic heterocycles. The predicted molar refractivity (Wildman–Crippen MR) is 122 cm³/mol. The molecule has 1 amide bonds. The monoisotopic (exact) mass is 717 g/mol. The van der Waals surface area contributed by atoms with Crippen molar-refractivity contribution in [2.45, 2.75) is 31.7 Å². The maximum absolute atomic E-state index is 12.3. The molecule has 2 fully saturated rings. The van der Waals surface area contributed by atoms with Gasteiger partial charge in [-0.1, -0.05) is 0 Å². The van der Waals surface area contributed by atoms with Crippen LogP contribution in [0.25, 0.3) is 0 Å². The van der Waals surface area contributed by atoms with E-state index in [0.717, 1.165) is 35.4 Å². The minimum Gasteiger partial charge on any atom is -0.364 e. The maximum atomic E-state index is 12.3. The van der Waals surface area contributed by atoms with E-state index in [-0.39, 0.29) is 17.9 Å². The zero-order chi connectivity index (χ0) is 19.2. The van der Waals surface area contributed by atoms with Gasteiger partial charge in [-0.15, -0.1) is 0 Å². The Bertz CT molecular complexity index is 831. The lowest BCUT2D eigenvalue weighted by Gasteiger charge is -2.30. The maximum Gasteiger partial charge on any atom is 0.236 e. The molecule has 3 rings (SSSR count). The molecule has 2 saturated carbocycles. The number of halogens is 3. The molecule has 2 aliphatic carbocycles. The summed E-state index contributed by atoms with van der Waals surface area (Å²) in [7, 11) is -3.57. The van der Waals surface area contributed by atoms with Crippen LogP contribution in [0.2, 0.25) is 0 Å². The average molecular weight is 717 g/mol. The van der Waals surface area contributed by atoms with Crippen molar-refractivity contribution >= 4 is 83.7 Å². The minimum atomic E-state index is -3.57. The summed E-state index contributed by atoms with van der Waals surface area (Å²) in [5, 5.41) is 10.6. The fourth-order valence-corrected chi connectivity index (χ4v) is 6.98. The first-order valence-electron chi connectivity index (χ1n) is 8.04. The van der Waals surface area contributed by atoms with Gasteiger partial charge < -0.3 is 9.84 Å². The smallest absolute Gasteiger partial charge is 0.236 e. The van der Waals surface area contributed by atoms with Gasteiger partial charge in [-0.2, -0.15) is 0 Å². The van der Waals surface area contributed by atoms with Crippen LogP contribution in [0.4, 0.5) is 0 Å². The highest BCUT2D eigenvalue weighted by Gasteiger charge is 2.50. The van der Waals surface area contributed by atoms with E-state index in [2.05, 4.69) is 72.5 Å². The third-order valence-corrected chi connectivity index (χ3v) is 9.25. The lowest BCUT2D eigenvalue weighted by molar-refractivity contribution is -0.162. The Morgan fingerprint density at radius 3 is 2.58 bits per heavy atom. The Labute approximate surface area is 193 Å². The van der Waals surface area contributed by atoms with Crippen molar-refractivity contribution < 1.29 is 23.1 Å². The molecule has 2 aliphatic rings. The van der Waals surface area contributed by atoms with E-state index < -0.39 is 22.2 Å². The van der Waals surface area contributed by atoms with Crippen molar-refractivity contribution in [3.63, 3.8) is 0 Å². The van der Waals surface area contributed by atoms with E-state index in [9.17, 15) is 18.3 Å². The molecule has 1 aromatic carbocycles. The zero-order valence-corrected chi connectivity index (χ0v) is 21.1. The zero-order valence-electron chi connectivity index (χ0n) is 13.8. The molecule has 10 heteroatoms. The molecule has 5 atom stereocenters. The number of hydrogen-bond acceptors (Lipinski definition) is 5. The lowest BCUT2D eigenvalue weighted by atomic mass is 9.86. The second kappa shape index (κ2) is 8.24. The summed E-state index contributed by atoms with van der Waals surface area (Å²) < 4.78 is 33.7. The number of carbonyl (C=O) groups excluding carboxylic acids is 1. The second-order valence-electron chi connectivity index (χ2n) is 6.90. The van der Waals surface area contributed by atoms with E-state index in [1.165, 1.54) is 0 Å². The first kappa shape index (κ1) is 21.5. The van der Waals surface area contributed by atoms with Crippen LogP contribution in [0, 0.1) is 28.5 Å². The highest BCUT2D eigenvalue weighted by atomic mass is 127. The number of fused-ring (bicyclic) bond motifs is 2. The standard InChI is InChI=1S/C16H18I3NO5S/c1-26(23,24)20-15(21)10-3-7-2-9(10)13(4-7)25-16(22)11-5-8(17)6-12(18)14(11)19/h5-7,9-10,13,16,22H,2-4H2,1H3,(H,20,21). The summed E-state index contributed by atoms with van der Waals surface area (Å²) in [5.74, 6) is -0.560. The van der Waals surface area contributed by atoms with Crippen LogP contribution < -0.4 is 4.72 Å². The molecule has 5 unspecified atom stereocenters. The van der Waals surface area contributed by atoms with Crippen molar-refractivity contribution in [1.82, 2.24) is 4.72 Å². The number of aliphatic hydroxyl groups excluding tert-OH is 1. The molecule has 0 aliphatic heterocycles. The number of sulfonamides is 1. The topological polar surface area (TPSA) is 92.7 Å². The Morgan fingerprint density at radius 1 is 1.27 bits per heavy atom. The quantitative estimate of drug-likeness (QED) is 0.278. The van der Waals surface area contributed by atoms with Gasteiger partial charge in [-0.25, -0.2) is 8.42 Å². The van der Waals surface area contributed by atoms with Crippen LogP contribution in [-0.2, 0) is 19.6 Å². The number of carbonyl (C=O) groups is 1. The van der Waals surface area contributed by atoms with E-state index in [1.54, 1.807) is 0 Å². The molecule has 1 aromatic rings. The van der Waals surface area contributed by atoms with Crippen LogP contribution in [0.15, 0.2) is 12.1 Å². The Kier molecular flexibility index (Phi) is 6.80. The van der Waals surface area contributed by atoms with Crippen LogP contribution in [0.1, 0.15) is 31.1 Å².